The first-order valence-corrected chi connectivity index (χ1v) is 7.32. The van der Waals surface area contributed by atoms with Gasteiger partial charge in [0.25, 0.3) is 0 Å². The molecule has 0 aliphatic rings. The van der Waals surface area contributed by atoms with Gasteiger partial charge in [-0.15, -0.1) is 0 Å². The molecule has 0 fully saturated rings. The molecule has 0 saturated carbocycles. The molecule has 2 heterocycles. The molecule has 0 unspecified atom stereocenters. The van der Waals surface area contributed by atoms with E-state index in [1.807, 2.05) is 6.92 Å². The van der Waals surface area contributed by atoms with Crippen LogP contribution in [0.2, 0.25) is 0 Å². The topological polar surface area (TPSA) is 42.7 Å². The molecular weight excluding hydrogens is 248 g/mol. The fourth-order valence-corrected chi connectivity index (χ4v) is 2.16. The Balaban J connectivity index is 2.37. The van der Waals surface area contributed by atoms with Crippen molar-refractivity contribution in [2.75, 3.05) is 11.9 Å². The number of unbranched alkanes of at least 4 members (excludes halogenated alkanes) is 1. The second kappa shape index (κ2) is 6.55. The van der Waals surface area contributed by atoms with Crippen molar-refractivity contribution in [3.8, 4) is 0 Å². The van der Waals surface area contributed by atoms with Crippen LogP contribution in [-0.2, 0) is 6.54 Å². The summed E-state index contributed by atoms with van der Waals surface area (Å²) in [6.07, 6.45) is 6.64. The van der Waals surface area contributed by atoms with Crippen molar-refractivity contribution in [2.45, 2.75) is 47.1 Å². The number of nitrogens with one attached hydrogen (secondary N) is 1. The molecule has 20 heavy (non-hydrogen) atoms. The number of hydrogen-bond donors (Lipinski definition) is 1. The van der Waals surface area contributed by atoms with E-state index in [0.29, 0.717) is 0 Å². The van der Waals surface area contributed by atoms with Crippen molar-refractivity contribution in [1.82, 2.24) is 14.5 Å². The SMILES string of the molecule is CCCCNc1nc(C)nc2ccn(CC=C(C)C)c12. The number of hydrogen-bond acceptors (Lipinski definition) is 3. The van der Waals surface area contributed by atoms with Gasteiger partial charge in [-0.05, 0) is 33.3 Å². The summed E-state index contributed by atoms with van der Waals surface area (Å²) in [5.74, 6) is 1.77. The first-order valence-electron chi connectivity index (χ1n) is 7.32. The van der Waals surface area contributed by atoms with Crippen molar-refractivity contribution < 1.29 is 0 Å². The first-order chi connectivity index (χ1) is 9.61. The number of allylic oxidation sites excluding steroid dienone is 2. The van der Waals surface area contributed by atoms with E-state index in [1.54, 1.807) is 0 Å². The number of fused-ring (bicyclic) bond motifs is 1. The Morgan fingerprint density at radius 1 is 1.35 bits per heavy atom. The first kappa shape index (κ1) is 14.6. The number of anilines is 1. The van der Waals surface area contributed by atoms with Gasteiger partial charge >= 0.3 is 0 Å². The molecule has 0 amide bonds. The molecule has 2 aromatic heterocycles. The van der Waals surface area contributed by atoms with Crippen LogP contribution in [0.15, 0.2) is 23.9 Å². The number of nitrogens with zero attached hydrogens (tertiary/aromatic N) is 3. The number of rotatable bonds is 6. The van der Waals surface area contributed by atoms with E-state index in [9.17, 15) is 0 Å². The molecule has 108 valence electrons. The molecular formula is C16H24N4. The lowest BCUT2D eigenvalue weighted by Gasteiger charge is -2.10. The summed E-state index contributed by atoms with van der Waals surface area (Å²) >= 11 is 0. The largest absolute Gasteiger partial charge is 0.368 e. The maximum atomic E-state index is 4.57. The molecule has 0 radical (unpaired) electrons. The minimum Gasteiger partial charge on any atom is -0.368 e. The Kier molecular flexibility index (Phi) is 4.77. The van der Waals surface area contributed by atoms with Crippen LogP contribution in [0, 0.1) is 6.92 Å². The molecule has 0 saturated heterocycles. The Morgan fingerprint density at radius 3 is 2.85 bits per heavy atom. The molecule has 0 bridgehead atoms. The maximum absolute atomic E-state index is 4.57. The standard InChI is InChI=1S/C16H24N4/c1-5-6-9-17-16-15-14(18-13(4)19-16)8-11-20(15)10-7-12(2)3/h7-8,11H,5-6,9-10H2,1-4H3,(H,17,18,19). The van der Waals surface area contributed by atoms with Gasteiger partial charge in [0.05, 0.1) is 5.52 Å². The zero-order chi connectivity index (χ0) is 14.5. The molecule has 0 aliphatic carbocycles. The lowest BCUT2D eigenvalue weighted by Crippen LogP contribution is -2.07. The Hall–Kier alpha value is -1.84. The highest BCUT2D eigenvalue weighted by atomic mass is 15.1. The quantitative estimate of drug-likeness (QED) is 0.640. The van der Waals surface area contributed by atoms with Gasteiger partial charge in [0.2, 0.25) is 0 Å². The van der Waals surface area contributed by atoms with Crippen LogP contribution >= 0.6 is 0 Å². The van der Waals surface area contributed by atoms with E-state index in [4.69, 9.17) is 0 Å². The van der Waals surface area contributed by atoms with Crippen LogP contribution in [0.4, 0.5) is 5.82 Å². The maximum Gasteiger partial charge on any atom is 0.154 e. The highest BCUT2D eigenvalue weighted by Gasteiger charge is 2.09. The molecule has 0 aromatic carbocycles. The van der Waals surface area contributed by atoms with Crippen LogP contribution in [0.1, 0.15) is 39.4 Å². The van der Waals surface area contributed by atoms with Gasteiger partial charge in [0, 0.05) is 19.3 Å². The van der Waals surface area contributed by atoms with Crippen LogP contribution < -0.4 is 5.32 Å². The van der Waals surface area contributed by atoms with Gasteiger partial charge in [0.15, 0.2) is 5.82 Å². The summed E-state index contributed by atoms with van der Waals surface area (Å²) in [5, 5.41) is 3.45. The molecule has 0 atom stereocenters. The highest BCUT2D eigenvalue weighted by molar-refractivity contribution is 5.86. The van der Waals surface area contributed by atoms with E-state index in [2.05, 4.69) is 59.0 Å². The van der Waals surface area contributed by atoms with Gasteiger partial charge in [0.1, 0.15) is 11.3 Å². The van der Waals surface area contributed by atoms with Gasteiger partial charge in [-0.1, -0.05) is 25.0 Å². The summed E-state index contributed by atoms with van der Waals surface area (Å²) in [4.78, 5) is 9.09. The summed E-state index contributed by atoms with van der Waals surface area (Å²) < 4.78 is 2.20. The van der Waals surface area contributed by atoms with Gasteiger partial charge in [-0.3, -0.25) is 0 Å². The van der Waals surface area contributed by atoms with Crippen molar-refractivity contribution in [3.05, 3.63) is 29.7 Å². The fraction of sp³-hybridized carbons (Fsp3) is 0.500. The summed E-state index contributed by atoms with van der Waals surface area (Å²) in [5.41, 5.74) is 3.43. The molecule has 2 aromatic rings. The zero-order valence-corrected chi connectivity index (χ0v) is 12.9. The number of aromatic nitrogens is 3. The fourth-order valence-electron chi connectivity index (χ4n) is 2.16. The third-order valence-corrected chi connectivity index (χ3v) is 3.24. The molecule has 2 rings (SSSR count). The lowest BCUT2D eigenvalue weighted by molar-refractivity contribution is 0.823. The second-order valence-corrected chi connectivity index (χ2v) is 5.38. The monoisotopic (exact) mass is 272 g/mol. The smallest absolute Gasteiger partial charge is 0.154 e. The lowest BCUT2D eigenvalue weighted by atomic mass is 10.3. The molecule has 0 aliphatic heterocycles. The molecule has 1 N–H and O–H groups in total. The van der Waals surface area contributed by atoms with E-state index in [0.717, 1.165) is 42.2 Å². The van der Waals surface area contributed by atoms with E-state index in [-0.39, 0.29) is 0 Å². The van der Waals surface area contributed by atoms with Gasteiger partial charge in [-0.2, -0.15) is 0 Å². The minimum absolute atomic E-state index is 0.816. The van der Waals surface area contributed by atoms with Crippen LogP contribution in [0.25, 0.3) is 11.0 Å². The Morgan fingerprint density at radius 2 is 2.15 bits per heavy atom. The highest BCUT2D eigenvalue weighted by Crippen LogP contribution is 2.22. The van der Waals surface area contributed by atoms with Crippen LogP contribution in [0.5, 0.6) is 0 Å². The average Bonchev–Trinajstić information content (AvgIpc) is 2.79. The van der Waals surface area contributed by atoms with Crippen molar-refractivity contribution >= 4 is 16.9 Å². The van der Waals surface area contributed by atoms with E-state index in [1.165, 1.54) is 12.0 Å². The Bertz CT molecular complexity index is 606. The molecule has 4 heteroatoms. The molecule has 4 nitrogen and oxygen atoms in total. The zero-order valence-electron chi connectivity index (χ0n) is 12.9. The van der Waals surface area contributed by atoms with Crippen molar-refractivity contribution in [3.63, 3.8) is 0 Å². The minimum atomic E-state index is 0.816. The Labute approximate surface area is 120 Å². The van der Waals surface area contributed by atoms with Crippen LogP contribution in [-0.4, -0.2) is 21.1 Å². The van der Waals surface area contributed by atoms with Crippen molar-refractivity contribution in [2.24, 2.45) is 0 Å². The number of aryl methyl sites for hydroxylation is 1. The predicted molar refractivity (Wildman–Crippen MR) is 85.1 cm³/mol. The second-order valence-electron chi connectivity index (χ2n) is 5.38. The van der Waals surface area contributed by atoms with Gasteiger partial charge in [-0.25, -0.2) is 9.97 Å². The summed E-state index contributed by atoms with van der Waals surface area (Å²) in [6.45, 7) is 10.2. The van der Waals surface area contributed by atoms with Crippen molar-refractivity contribution in [1.29, 1.82) is 0 Å². The third-order valence-electron chi connectivity index (χ3n) is 3.24. The third kappa shape index (κ3) is 3.38. The van der Waals surface area contributed by atoms with E-state index < -0.39 is 0 Å². The average molecular weight is 272 g/mol. The summed E-state index contributed by atoms with van der Waals surface area (Å²) in [7, 11) is 0. The summed E-state index contributed by atoms with van der Waals surface area (Å²) in [6, 6.07) is 2.06. The van der Waals surface area contributed by atoms with Crippen LogP contribution in [0.3, 0.4) is 0 Å². The predicted octanol–water partition coefficient (Wildman–Crippen LogP) is 3.92. The normalized spacial score (nSPS) is 10.8. The molecule has 0 spiro atoms. The van der Waals surface area contributed by atoms with E-state index >= 15 is 0 Å². The van der Waals surface area contributed by atoms with Gasteiger partial charge < -0.3 is 9.88 Å².